The average Bonchev–Trinajstić information content (AvgIpc) is 2.19. The first-order chi connectivity index (χ1) is 6.43. The van der Waals surface area contributed by atoms with Crippen molar-refractivity contribution < 1.29 is 0 Å². The predicted molar refractivity (Wildman–Crippen MR) is 60.4 cm³/mol. The number of hydrogen-bond acceptors (Lipinski definition) is 0. The predicted octanol–water partition coefficient (Wildman–Crippen LogP) is 3.57. The van der Waals surface area contributed by atoms with E-state index in [9.17, 15) is 0 Å². The van der Waals surface area contributed by atoms with E-state index >= 15 is 0 Å². The highest BCUT2D eigenvalue weighted by Crippen LogP contribution is 2.04. The Balaban J connectivity index is 2.07. The minimum Gasteiger partial charge on any atom is -0.0803 e. The highest BCUT2D eigenvalue weighted by atomic mass is 13.9. The fourth-order valence-electron chi connectivity index (χ4n) is 1.41. The Labute approximate surface area is 82.6 Å². The molecule has 0 aliphatic carbocycles. The number of aryl methyl sites for hydroxylation is 1. The van der Waals surface area contributed by atoms with Gasteiger partial charge in [-0.1, -0.05) is 62.7 Å². The van der Waals surface area contributed by atoms with Gasteiger partial charge in [0.25, 0.3) is 0 Å². The van der Waals surface area contributed by atoms with Crippen molar-refractivity contribution in [2.75, 3.05) is 0 Å². The van der Waals surface area contributed by atoms with Crippen molar-refractivity contribution in [1.82, 2.24) is 0 Å². The Morgan fingerprint density at radius 2 is 1.85 bits per heavy atom. The van der Waals surface area contributed by atoms with Crippen LogP contribution in [0.5, 0.6) is 0 Å². The van der Waals surface area contributed by atoms with Crippen molar-refractivity contribution in [3.63, 3.8) is 0 Å². The smallest absolute Gasteiger partial charge is 0.0803 e. The van der Waals surface area contributed by atoms with Gasteiger partial charge in [0, 0.05) is 0 Å². The molecule has 0 amide bonds. The molecular formula is C12H18B. The van der Waals surface area contributed by atoms with Gasteiger partial charge in [-0.2, -0.15) is 0 Å². The molecule has 0 nitrogen and oxygen atoms in total. The largest absolute Gasteiger partial charge is 0.109 e. The summed E-state index contributed by atoms with van der Waals surface area (Å²) < 4.78 is 0. The topological polar surface area (TPSA) is 0 Å². The van der Waals surface area contributed by atoms with E-state index in [-0.39, 0.29) is 0 Å². The van der Waals surface area contributed by atoms with Crippen molar-refractivity contribution in [1.29, 1.82) is 0 Å². The van der Waals surface area contributed by atoms with Gasteiger partial charge in [0.05, 0.1) is 0 Å². The minimum absolute atomic E-state index is 1.20. The van der Waals surface area contributed by atoms with Crippen LogP contribution in [0.3, 0.4) is 0 Å². The second-order valence-electron chi connectivity index (χ2n) is 3.46. The van der Waals surface area contributed by atoms with E-state index in [0.717, 1.165) is 0 Å². The summed E-state index contributed by atoms with van der Waals surface area (Å²) in [6.07, 6.45) is 6.36. The summed E-state index contributed by atoms with van der Waals surface area (Å²) in [5.41, 5.74) is 1.45. The van der Waals surface area contributed by atoms with Gasteiger partial charge in [-0.05, 0) is 12.0 Å². The van der Waals surface area contributed by atoms with Crippen molar-refractivity contribution >= 4 is 7.28 Å². The van der Waals surface area contributed by atoms with Crippen LogP contribution in [0, 0.1) is 0 Å². The molecule has 0 N–H and O–H groups in total. The van der Waals surface area contributed by atoms with E-state index in [2.05, 4.69) is 44.5 Å². The van der Waals surface area contributed by atoms with Crippen LogP contribution < -0.4 is 0 Å². The standard InChI is InChI=1S/C12H18B/c1-2-3-10-13-11-9-12-7-5-4-6-8-12/h4-8H,2-3,9-11H2,1H3. The number of rotatable bonds is 6. The van der Waals surface area contributed by atoms with Gasteiger partial charge in [-0.25, -0.2) is 0 Å². The Hall–Kier alpha value is -0.715. The molecule has 13 heavy (non-hydrogen) atoms. The molecule has 0 heterocycles. The van der Waals surface area contributed by atoms with Crippen LogP contribution in [0.4, 0.5) is 0 Å². The molecule has 1 radical (unpaired) electrons. The highest BCUT2D eigenvalue weighted by molar-refractivity contribution is 6.35. The first kappa shape index (κ1) is 10.4. The van der Waals surface area contributed by atoms with Gasteiger partial charge in [0.15, 0.2) is 0 Å². The van der Waals surface area contributed by atoms with E-state index in [1.807, 2.05) is 0 Å². The zero-order valence-corrected chi connectivity index (χ0v) is 8.50. The molecule has 0 unspecified atom stereocenters. The van der Waals surface area contributed by atoms with E-state index in [1.54, 1.807) is 0 Å². The van der Waals surface area contributed by atoms with Gasteiger partial charge in [0.2, 0.25) is 0 Å². The summed E-state index contributed by atoms with van der Waals surface area (Å²) in [5.74, 6) is 0. The number of hydrogen-bond donors (Lipinski definition) is 0. The number of unbranched alkanes of at least 4 members (excludes halogenated alkanes) is 1. The fourth-order valence-corrected chi connectivity index (χ4v) is 1.41. The molecule has 1 heteroatoms. The highest BCUT2D eigenvalue weighted by Gasteiger charge is 1.93. The lowest BCUT2D eigenvalue weighted by atomic mass is 9.68. The molecule has 0 saturated carbocycles. The van der Waals surface area contributed by atoms with Crippen LogP contribution in [0.1, 0.15) is 25.3 Å². The monoisotopic (exact) mass is 173 g/mol. The van der Waals surface area contributed by atoms with Gasteiger partial charge >= 0.3 is 0 Å². The third-order valence-electron chi connectivity index (χ3n) is 2.24. The van der Waals surface area contributed by atoms with E-state index < -0.39 is 0 Å². The SMILES string of the molecule is CCCC[B]CCc1ccccc1. The van der Waals surface area contributed by atoms with Crippen molar-refractivity contribution in [3.05, 3.63) is 35.9 Å². The molecule has 1 aromatic rings. The van der Waals surface area contributed by atoms with Crippen molar-refractivity contribution in [3.8, 4) is 0 Å². The van der Waals surface area contributed by atoms with E-state index in [1.165, 1.54) is 37.5 Å². The molecule has 0 aliphatic heterocycles. The summed E-state index contributed by atoms with van der Waals surface area (Å²) >= 11 is 0. The maximum Gasteiger partial charge on any atom is 0.109 e. The first-order valence-corrected chi connectivity index (χ1v) is 5.29. The maximum atomic E-state index is 2.41. The maximum absolute atomic E-state index is 2.41. The molecule has 69 valence electrons. The Bertz CT molecular complexity index is 206. The quantitative estimate of drug-likeness (QED) is 0.455. The molecular weight excluding hydrogens is 155 g/mol. The molecule has 0 atom stereocenters. The van der Waals surface area contributed by atoms with Gasteiger partial charge in [-0.15, -0.1) is 0 Å². The molecule has 0 fully saturated rings. The van der Waals surface area contributed by atoms with E-state index in [4.69, 9.17) is 0 Å². The third kappa shape index (κ3) is 4.77. The molecule has 1 aromatic carbocycles. The van der Waals surface area contributed by atoms with Crippen molar-refractivity contribution in [2.24, 2.45) is 0 Å². The van der Waals surface area contributed by atoms with Crippen LogP contribution in [-0.4, -0.2) is 7.28 Å². The normalized spacial score (nSPS) is 9.92. The van der Waals surface area contributed by atoms with Crippen LogP contribution in [-0.2, 0) is 6.42 Å². The first-order valence-electron chi connectivity index (χ1n) is 5.29. The van der Waals surface area contributed by atoms with Crippen LogP contribution in [0.15, 0.2) is 30.3 Å². The molecule has 0 aliphatic rings. The molecule has 1 rings (SSSR count). The van der Waals surface area contributed by atoms with Gasteiger partial charge in [0.1, 0.15) is 7.28 Å². The van der Waals surface area contributed by atoms with Crippen molar-refractivity contribution in [2.45, 2.75) is 38.8 Å². The summed E-state index contributed by atoms with van der Waals surface area (Å²) in [5, 5.41) is 0. The second kappa shape index (κ2) is 6.76. The summed E-state index contributed by atoms with van der Waals surface area (Å²) in [6.45, 7) is 2.24. The zero-order valence-electron chi connectivity index (χ0n) is 8.50. The molecule has 0 saturated heterocycles. The molecule has 0 bridgehead atoms. The van der Waals surface area contributed by atoms with Gasteiger partial charge < -0.3 is 0 Å². The number of benzene rings is 1. The van der Waals surface area contributed by atoms with E-state index in [0.29, 0.717) is 0 Å². The Morgan fingerprint density at radius 3 is 2.54 bits per heavy atom. The molecule has 0 spiro atoms. The third-order valence-corrected chi connectivity index (χ3v) is 2.24. The van der Waals surface area contributed by atoms with Crippen LogP contribution in [0.25, 0.3) is 0 Å². The van der Waals surface area contributed by atoms with Crippen LogP contribution >= 0.6 is 0 Å². The summed E-state index contributed by atoms with van der Waals surface area (Å²) in [7, 11) is 2.41. The average molecular weight is 173 g/mol. The van der Waals surface area contributed by atoms with Crippen LogP contribution in [0.2, 0.25) is 12.6 Å². The lowest BCUT2D eigenvalue weighted by molar-refractivity contribution is 0.875. The minimum atomic E-state index is 1.20. The Morgan fingerprint density at radius 1 is 1.08 bits per heavy atom. The fraction of sp³-hybridized carbons (Fsp3) is 0.500. The summed E-state index contributed by atoms with van der Waals surface area (Å²) in [6, 6.07) is 10.7. The summed E-state index contributed by atoms with van der Waals surface area (Å²) in [4.78, 5) is 0. The lowest BCUT2D eigenvalue weighted by Crippen LogP contribution is -1.92. The second-order valence-corrected chi connectivity index (χ2v) is 3.46. The lowest BCUT2D eigenvalue weighted by Gasteiger charge is -1.99. The Kier molecular flexibility index (Phi) is 5.39. The zero-order chi connectivity index (χ0) is 9.36. The molecule has 0 aromatic heterocycles. The van der Waals surface area contributed by atoms with Gasteiger partial charge in [-0.3, -0.25) is 0 Å².